The van der Waals surface area contributed by atoms with Crippen LogP contribution in [-0.2, 0) is 0 Å². The molecule has 1 amide bonds. The van der Waals surface area contributed by atoms with Crippen molar-refractivity contribution in [2.75, 3.05) is 5.32 Å². The largest absolute Gasteiger partial charge is 0.478 e. The number of halogens is 2. The fraction of sp³-hybridized carbons (Fsp3) is 0. The molecule has 0 bridgehead atoms. The van der Waals surface area contributed by atoms with E-state index < -0.39 is 23.3 Å². The summed E-state index contributed by atoms with van der Waals surface area (Å²) in [5.41, 5.74) is 0.0825. The molecule has 2 rings (SSSR count). The molecule has 0 spiro atoms. The van der Waals surface area contributed by atoms with Gasteiger partial charge in [-0.15, -0.1) is 0 Å². The van der Waals surface area contributed by atoms with Crippen LogP contribution in [0.15, 0.2) is 42.5 Å². The molecule has 0 radical (unpaired) electrons. The predicted octanol–water partition coefficient (Wildman–Crippen LogP) is 3.43. The maximum absolute atomic E-state index is 13.5. The summed E-state index contributed by atoms with van der Waals surface area (Å²) in [6.07, 6.45) is 0. The third-order valence-corrected chi connectivity index (χ3v) is 2.82. The summed E-state index contributed by atoms with van der Waals surface area (Å²) in [6, 6.07) is 9.54. The van der Waals surface area contributed by atoms with Crippen molar-refractivity contribution in [3.8, 4) is 0 Å². The molecule has 0 saturated heterocycles. The fourth-order valence-electron chi connectivity index (χ4n) is 1.57. The van der Waals surface area contributed by atoms with Gasteiger partial charge < -0.3 is 10.4 Å². The Morgan fingerprint density at radius 1 is 1.10 bits per heavy atom. The molecule has 102 valence electrons. The second-order valence-corrected chi connectivity index (χ2v) is 4.40. The Balaban J connectivity index is 2.18. The number of amides is 1. The zero-order chi connectivity index (χ0) is 14.7. The fourth-order valence-corrected chi connectivity index (χ4v) is 1.70. The van der Waals surface area contributed by atoms with Gasteiger partial charge in [-0.05, 0) is 42.5 Å². The van der Waals surface area contributed by atoms with E-state index in [0.717, 1.165) is 12.1 Å². The first-order chi connectivity index (χ1) is 9.47. The van der Waals surface area contributed by atoms with Gasteiger partial charge in [0.05, 0.1) is 5.56 Å². The van der Waals surface area contributed by atoms with Gasteiger partial charge in [-0.25, -0.2) is 9.18 Å². The lowest BCUT2D eigenvalue weighted by molar-refractivity contribution is 0.0692. The van der Waals surface area contributed by atoms with Crippen LogP contribution in [0.5, 0.6) is 0 Å². The van der Waals surface area contributed by atoms with Gasteiger partial charge in [-0.3, -0.25) is 4.79 Å². The lowest BCUT2D eigenvalue weighted by Gasteiger charge is -2.06. The molecule has 2 aromatic rings. The number of aromatic carboxylic acids is 1. The molecule has 0 aliphatic heterocycles. The highest BCUT2D eigenvalue weighted by atomic mass is 35.5. The maximum atomic E-state index is 13.5. The summed E-state index contributed by atoms with van der Waals surface area (Å²) in [4.78, 5) is 22.5. The molecule has 0 aromatic heterocycles. The Labute approximate surface area is 118 Å². The molecule has 20 heavy (non-hydrogen) atoms. The van der Waals surface area contributed by atoms with Crippen LogP contribution in [0.2, 0.25) is 5.02 Å². The van der Waals surface area contributed by atoms with Gasteiger partial charge in [-0.1, -0.05) is 11.6 Å². The number of hydrogen-bond donors (Lipinski definition) is 2. The molecule has 2 N–H and O–H groups in total. The van der Waals surface area contributed by atoms with Crippen molar-refractivity contribution < 1.29 is 19.1 Å². The first kappa shape index (κ1) is 14.0. The zero-order valence-corrected chi connectivity index (χ0v) is 10.8. The van der Waals surface area contributed by atoms with Crippen LogP contribution in [0.3, 0.4) is 0 Å². The summed E-state index contributed by atoms with van der Waals surface area (Å²) >= 11 is 5.71. The van der Waals surface area contributed by atoms with E-state index in [9.17, 15) is 14.0 Å². The monoisotopic (exact) mass is 293 g/mol. The van der Waals surface area contributed by atoms with Gasteiger partial charge in [0, 0.05) is 16.3 Å². The number of rotatable bonds is 3. The number of anilines is 1. The number of benzene rings is 2. The minimum Gasteiger partial charge on any atom is -0.478 e. The highest BCUT2D eigenvalue weighted by Crippen LogP contribution is 2.16. The van der Waals surface area contributed by atoms with Crippen LogP contribution in [0, 0.1) is 5.82 Å². The molecular weight excluding hydrogens is 285 g/mol. The SMILES string of the molecule is O=C(Nc1ccc(C(=O)O)c(F)c1)c1ccc(Cl)cc1. The number of carbonyl (C=O) groups is 2. The summed E-state index contributed by atoms with van der Waals surface area (Å²) in [5, 5.41) is 11.7. The molecule has 0 aliphatic carbocycles. The Morgan fingerprint density at radius 2 is 1.75 bits per heavy atom. The number of hydrogen-bond acceptors (Lipinski definition) is 2. The predicted molar refractivity (Wildman–Crippen MR) is 72.8 cm³/mol. The third kappa shape index (κ3) is 3.13. The highest BCUT2D eigenvalue weighted by molar-refractivity contribution is 6.30. The third-order valence-electron chi connectivity index (χ3n) is 2.56. The van der Waals surface area contributed by atoms with Crippen molar-refractivity contribution in [2.24, 2.45) is 0 Å². The molecule has 6 heteroatoms. The lowest BCUT2D eigenvalue weighted by Crippen LogP contribution is -2.12. The summed E-state index contributed by atoms with van der Waals surface area (Å²) < 4.78 is 13.5. The van der Waals surface area contributed by atoms with Gasteiger partial charge >= 0.3 is 5.97 Å². The van der Waals surface area contributed by atoms with Crippen molar-refractivity contribution in [1.29, 1.82) is 0 Å². The molecule has 0 atom stereocenters. The van der Waals surface area contributed by atoms with Crippen LogP contribution in [0.1, 0.15) is 20.7 Å². The number of nitrogens with one attached hydrogen (secondary N) is 1. The number of carboxylic acid groups (broad SMARTS) is 1. The van der Waals surface area contributed by atoms with Crippen LogP contribution >= 0.6 is 11.6 Å². The van der Waals surface area contributed by atoms with Gasteiger partial charge in [0.1, 0.15) is 5.82 Å². The standard InChI is InChI=1S/C14H9ClFNO3/c15-9-3-1-8(2-4-9)13(18)17-10-5-6-11(14(19)20)12(16)7-10/h1-7H,(H,17,18)(H,19,20). The van der Waals surface area contributed by atoms with Crippen LogP contribution < -0.4 is 5.32 Å². The summed E-state index contributed by atoms with van der Waals surface area (Å²) in [7, 11) is 0. The van der Waals surface area contributed by atoms with E-state index in [2.05, 4.69) is 5.32 Å². The van der Waals surface area contributed by atoms with Crippen molar-refractivity contribution in [1.82, 2.24) is 0 Å². The van der Waals surface area contributed by atoms with Crippen LogP contribution in [-0.4, -0.2) is 17.0 Å². The van der Waals surface area contributed by atoms with Gasteiger partial charge in [0.25, 0.3) is 5.91 Å². The van der Waals surface area contributed by atoms with Gasteiger partial charge in [-0.2, -0.15) is 0 Å². The molecule has 0 saturated carbocycles. The maximum Gasteiger partial charge on any atom is 0.338 e. The van der Waals surface area contributed by atoms with Crippen LogP contribution in [0.25, 0.3) is 0 Å². The van der Waals surface area contributed by atoms with Crippen LogP contribution in [0.4, 0.5) is 10.1 Å². The average molecular weight is 294 g/mol. The Kier molecular flexibility index (Phi) is 4.00. The Bertz CT molecular complexity index is 671. The molecule has 4 nitrogen and oxygen atoms in total. The number of carboxylic acids is 1. The van der Waals surface area contributed by atoms with E-state index >= 15 is 0 Å². The minimum atomic E-state index is -1.36. The van der Waals surface area contributed by atoms with Crippen molar-refractivity contribution in [3.05, 3.63) is 64.4 Å². The Morgan fingerprint density at radius 3 is 2.30 bits per heavy atom. The van der Waals surface area contributed by atoms with Gasteiger partial charge in [0.2, 0.25) is 0 Å². The summed E-state index contributed by atoms with van der Waals surface area (Å²) in [6.45, 7) is 0. The first-order valence-electron chi connectivity index (χ1n) is 5.57. The lowest BCUT2D eigenvalue weighted by atomic mass is 10.1. The van der Waals surface area contributed by atoms with E-state index in [1.165, 1.54) is 18.2 Å². The number of carbonyl (C=O) groups excluding carboxylic acids is 1. The van der Waals surface area contributed by atoms with Crippen molar-refractivity contribution in [2.45, 2.75) is 0 Å². The quantitative estimate of drug-likeness (QED) is 0.911. The second kappa shape index (κ2) is 5.71. The minimum absolute atomic E-state index is 0.174. The molecule has 0 aliphatic rings. The van der Waals surface area contributed by atoms with Crippen molar-refractivity contribution >= 4 is 29.2 Å². The zero-order valence-electron chi connectivity index (χ0n) is 10.1. The first-order valence-corrected chi connectivity index (χ1v) is 5.95. The van der Waals surface area contributed by atoms with E-state index in [1.807, 2.05) is 0 Å². The smallest absolute Gasteiger partial charge is 0.338 e. The van der Waals surface area contributed by atoms with Gasteiger partial charge in [0.15, 0.2) is 0 Å². The van der Waals surface area contributed by atoms with Crippen molar-refractivity contribution in [3.63, 3.8) is 0 Å². The van der Waals surface area contributed by atoms with E-state index in [4.69, 9.17) is 16.7 Å². The Hall–Kier alpha value is -2.40. The molecule has 2 aromatic carbocycles. The topological polar surface area (TPSA) is 66.4 Å². The van der Waals surface area contributed by atoms with E-state index in [0.29, 0.717) is 10.6 Å². The van der Waals surface area contributed by atoms with E-state index in [1.54, 1.807) is 12.1 Å². The molecule has 0 heterocycles. The average Bonchev–Trinajstić information content (AvgIpc) is 2.39. The molecular formula is C14H9ClFNO3. The normalized spacial score (nSPS) is 10.1. The molecule has 0 fully saturated rings. The highest BCUT2D eigenvalue weighted by Gasteiger charge is 2.12. The second-order valence-electron chi connectivity index (χ2n) is 3.96. The molecule has 0 unspecified atom stereocenters. The van der Waals surface area contributed by atoms with E-state index in [-0.39, 0.29) is 5.69 Å². The summed E-state index contributed by atoms with van der Waals surface area (Å²) in [5.74, 6) is -2.71.